The fourth-order valence-electron chi connectivity index (χ4n) is 0.552. The highest BCUT2D eigenvalue weighted by molar-refractivity contribution is 6.04. The molecule has 0 bridgehead atoms. The Kier molecular flexibility index (Phi) is 2.15. The van der Waals surface area contributed by atoms with Crippen LogP contribution < -0.4 is 0 Å². The maximum Gasteiger partial charge on any atom is 0.255 e. The standard InChI is InChI=1S/C6H5N2Si/c9-8-7-6-4-2-1-3-5-6/h1-5H. The average molecular weight is 133 g/mol. The first kappa shape index (κ1) is 6.16. The van der Waals surface area contributed by atoms with E-state index in [-0.39, 0.29) is 0 Å². The Bertz CT molecular complexity index is 195. The van der Waals surface area contributed by atoms with Crippen molar-refractivity contribution in [1.82, 2.24) is 0 Å². The summed E-state index contributed by atoms with van der Waals surface area (Å²) in [4.78, 5) is 0. The van der Waals surface area contributed by atoms with Gasteiger partial charge >= 0.3 is 0 Å². The largest absolute Gasteiger partial charge is 0.255 e. The van der Waals surface area contributed by atoms with Crippen LogP contribution in [0.3, 0.4) is 0 Å². The lowest BCUT2D eigenvalue weighted by atomic mass is 10.3. The van der Waals surface area contributed by atoms with Crippen molar-refractivity contribution < 1.29 is 0 Å². The van der Waals surface area contributed by atoms with Crippen LogP contribution in [0, 0.1) is 0 Å². The molecule has 1 aromatic rings. The number of hydrogen-bond donors (Lipinski definition) is 0. The molecule has 0 saturated carbocycles. The molecule has 2 nitrogen and oxygen atoms in total. The fourth-order valence-corrected chi connectivity index (χ4v) is 0.668. The minimum absolute atomic E-state index is 0.854. The van der Waals surface area contributed by atoms with Gasteiger partial charge in [0.1, 0.15) is 0 Å². The van der Waals surface area contributed by atoms with E-state index in [0.717, 1.165) is 5.69 Å². The van der Waals surface area contributed by atoms with E-state index in [1.165, 1.54) is 0 Å². The third kappa shape index (κ3) is 1.77. The Balaban J connectivity index is 2.85. The van der Waals surface area contributed by atoms with Gasteiger partial charge in [0.05, 0.1) is 5.69 Å². The summed E-state index contributed by atoms with van der Waals surface area (Å²) in [6, 6.07) is 9.52. The lowest BCUT2D eigenvalue weighted by Gasteiger charge is -1.85. The molecule has 3 heteroatoms. The molecule has 0 amide bonds. The summed E-state index contributed by atoms with van der Waals surface area (Å²) >= 11 is 0. The quantitative estimate of drug-likeness (QED) is 0.412. The predicted octanol–water partition coefficient (Wildman–Crippen LogP) is 1.85. The fraction of sp³-hybridized carbons (Fsp3) is 0. The Morgan fingerprint density at radius 3 is 2.33 bits per heavy atom. The first-order valence-electron chi connectivity index (χ1n) is 2.56. The highest BCUT2D eigenvalue weighted by atomic mass is 28.2. The molecule has 1 aromatic carbocycles. The zero-order valence-corrected chi connectivity index (χ0v) is 5.78. The maximum absolute atomic E-state index is 3.75. The van der Waals surface area contributed by atoms with Crippen LogP contribution in [0.15, 0.2) is 40.2 Å². The first-order chi connectivity index (χ1) is 4.43. The predicted molar refractivity (Wildman–Crippen MR) is 36.7 cm³/mol. The molecule has 0 fully saturated rings. The minimum Gasteiger partial charge on any atom is -0.237 e. The van der Waals surface area contributed by atoms with Crippen molar-refractivity contribution >= 4 is 16.1 Å². The first-order valence-corrected chi connectivity index (χ1v) is 3.01. The minimum atomic E-state index is 0.854. The van der Waals surface area contributed by atoms with Crippen molar-refractivity contribution in [1.29, 1.82) is 0 Å². The molecule has 0 heterocycles. The molecule has 0 aliphatic rings. The van der Waals surface area contributed by atoms with Gasteiger partial charge in [-0.25, -0.2) is 4.78 Å². The van der Waals surface area contributed by atoms with Crippen LogP contribution in [0.4, 0.5) is 5.69 Å². The van der Waals surface area contributed by atoms with Crippen LogP contribution in [0.5, 0.6) is 0 Å². The van der Waals surface area contributed by atoms with E-state index < -0.39 is 0 Å². The van der Waals surface area contributed by atoms with E-state index in [2.05, 4.69) is 20.3 Å². The highest BCUT2D eigenvalue weighted by Gasteiger charge is 1.80. The molecule has 0 saturated heterocycles. The van der Waals surface area contributed by atoms with Gasteiger partial charge in [-0.3, -0.25) is 0 Å². The van der Waals surface area contributed by atoms with Gasteiger partial charge < -0.3 is 0 Å². The molecular formula is C6H5N2Si. The van der Waals surface area contributed by atoms with E-state index in [0.29, 0.717) is 0 Å². The van der Waals surface area contributed by atoms with E-state index >= 15 is 0 Å². The van der Waals surface area contributed by atoms with Gasteiger partial charge in [-0.05, 0) is 12.1 Å². The van der Waals surface area contributed by atoms with Gasteiger partial charge in [0.2, 0.25) is 0 Å². The lowest BCUT2D eigenvalue weighted by Crippen LogP contribution is -1.59. The zero-order chi connectivity index (χ0) is 6.53. The van der Waals surface area contributed by atoms with Gasteiger partial charge in [0.15, 0.2) is 0 Å². The summed E-state index contributed by atoms with van der Waals surface area (Å²) in [5, 5.41) is 3.75. The van der Waals surface area contributed by atoms with Crippen molar-refractivity contribution in [3.8, 4) is 0 Å². The van der Waals surface area contributed by atoms with E-state index in [1.54, 1.807) is 0 Å². The number of nitrogens with zero attached hydrogens (tertiary/aromatic N) is 2. The van der Waals surface area contributed by atoms with Crippen molar-refractivity contribution in [2.24, 2.45) is 9.89 Å². The Hall–Kier alpha value is -0.963. The Labute approximate surface area is 57.1 Å². The van der Waals surface area contributed by atoms with Gasteiger partial charge in [0.25, 0.3) is 10.4 Å². The van der Waals surface area contributed by atoms with Gasteiger partial charge in [0, 0.05) is 0 Å². The SMILES string of the molecule is [Si]N=Nc1ccccc1. The second-order valence-corrected chi connectivity index (χ2v) is 1.74. The topological polar surface area (TPSA) is 24.7 Å². The Morgan fingerprint density at radius 1 is 1.11 bits per heavy atom. The smallest absolute Gasteiger partial charge is 0.237 e. The molecule has 0 N–H and O–H groups in total. The second kappa shape index (κ2) is 3.14. The monoisotopic (exact) mass is 133 g/mol. The molecule has 9 heavy (non-hydrogen) atoms. The molecule has 0 aliphatic heterocycles. The van der Waals surface area contributed by atoms with Crippen LogP contribution in [-0.4, -0.2) is 10.4 Å². The molecule has 0 aromatic heterocycles. The lowest BCUT2D eigenvalue weighted by molar-refractivity contribution is 1.33. The van der Waals surface area contributed by atoms with Crippen LogP contribution >= 0.6 is 0 Å². The van der Waals surface area contributed by atoms with Crippen molar-refractivity contribution in [3.63, 3.8) is 0 Å². The van der Waals surface area contributed by atoms with Crippen molar-refractivity contribution in [3.05, 3.63) is 30.3 Å². The van der Waals surface area contributed by atoms with E-state index in [9.17, 15) is 0 Å². The maximum atomic E-state index is 3.75. The van der Waals surface area contributed by atoms with Crippen molar-refractivity contribution in [2.45, 2.75) is 0 Å². The average Bonchev–Trinajstić information content (AvgIpc) is 1.91. The summed E-state index contributed by atoms with van der Waals surface area (Å²) < 4.78 is 3.44. The van der Waals surface area contributed by atoms with Gasteiger partial charge in [-0.2, -0.15) is 5.11 Å². The molecule has 0 aliphatic carbocycles. The molecule has 1 rings (SSSR count). The molecule has 0 unspecified atom stereocenters. The molecular weight excluding hydrogens is 128 g/mol. The van der Waals surface area contributed by atoms with Crippen LogP contribution in [0.1, 0.15) is 0 Å². The molecule has 0 spiro atoms. The summed E-state index contributed by atoms with van der Waals surface area (Å²) in [6.45, 7) is 0. The van der Waals surface area contributed by atoms with E-state index in [4.69, 9.17) is 0 Å². The second-order valence-electron chi connectivity index (χ2n) is 1.54. The van der Waals surface area contributed by atoms with Gasteiger partial charge in [-0.15, -0.1) is 0 Å². The van der Waals surface area contributed by atoms with Crippen LogP contribution in [-0.2, 0) is 0 Å². The highest BCUT2D eigenvalue weighted by Crippen LogP contribution is 2.08. The third-order valence-corrected chi connectivity index (χ3v) is 1.02. The summed E-state index contributed by atoms with van der Waals surface area (Å²) in [5.74, 6) is 0. The number of hydrogen-bond acceptors (Lipinski definition) is 2. The van der Waals surface area contributed by atoms with Gasteiger partial charge in [-0.1, -0.05) is 18.2 Å². The third-order valence-electron chi connectivity index (χ3n) is 0.922. The van der Waals surface area contributed by atoms with Crippen LogP contribution in [0.25, 0.3) is 0 Å². The Morgan fingerprint density at radius 2 is 1.78 bits per heavy atom. The molecule has 43 valence electrons. The number of benzene rings is 1. The molecule has 3 radical (unpaired) electrons. The summed E-state index contributed by atoms with van der Waals surface area (Å²) in [7, 11) is 2.89. The number of rotatable bonds is 1. The zero-order valence-electron chi connectivity index (χ0n) is 4.78. The van der Waals surface area contributed by atoms with Crippen LogP contribution in [0.2, 0.25) is 0 Å². The summed E-state index contributed by atoms with van der Waals surface area (Å²) in [6.07, 6.45) is 0. The summed E-state index contributed by atoms with van der Waals surface area (Å²) in [5.41, 5.74) is 0.854. The van der Waals surface area contributed by atoms with Crippen molar-refractivity contribution in [2.75, 3.05) is 0 Å². The molecule has 0 atom stereocenters. The van der Waals surface area contributed by atoms with E-state index in [1.807, 2.05) is 30.3 Å². The normalized spacial score (nSPS) is 10.3.